The molecule has 0 aromatic heterocycles. The molecule has 0 saturated carbocycles. The van der Waals surface area contributed by atoms with Gasteiger partial charge in [0.1, 0.15) is 11.5 Å². The number of aryl methyl sites for hydroxylation is 2. The molecule has 2 aliphatic rings. The number of likely N-dealkylation sites (tertiary alicyclic amines) is 1. The number of para-hydroxylation sites is 1. The smallest absolute Gasteiger partial charge is 0.295 e. The fraction of sp³-hybridized carbons (Fsp3) is 0.360. The van der Waals surface area contributed by atoms with Crippen LogP contribution in [0.15, 0.2) is 48.0 Å². The third kappa shape index (κ3) is 3.83. The first-order valence-corrected chi connectivity index (χ1v) is 10.6. The van der Waals surface area contributed by atoms with Crippen LogP contribution >= 0.6 is 0 Å². The van der Waals surface area contributed by atoms with Crippen LogP contribution in [-0.4, -0.2) is 49.1 Å². The summed E-state index contributed by atoms with van der Waals surface area (Å²) < 4.78 is 10.7. The molecule has 1 N–H and O–H groups in total. The van der Waals surface area contributed by atoms with Crippen LogP contribution in [0.3, 0.4) is 0 Å². The van der Waals surface area contributed by atoms with Crippen molar-refractivity contribution >= 4 is 17.4 Å². The minimum Gasteiger partial charge on any atom is -0.507 e. The highest BCUT2D eigenvalue weighted by Crippen LogP contribution is 2.42. The van der Waals surface area contributed by atoms with E-state index in [-0.39, 0.29) is 24.5 Å². The fourth-order valence-corrected chi connectivity index (χ4v) is 4.55. The zero-order valence-electron chi connectivity index (χ0n) is 17.9. The highest BCUT2D eigenvalue weighted by molar-refractivity contribution is 6.46. The fourth-order valence-electron chi connectivity index (χ4n) is 4.55. The van der Waals surface area contributed by atoms with E-state index >= 15 is 0 Å². The van der Waals surface area contributed by atoms with Gasteiger partial charge in [-0.05, 0) is 48.9 Å². The minimum absolute atomic E-state index is 0.0846. The van der Waals surface area contributed by atoms with Crippen LogP contribution in [0.1, 0.15) is 41.1 Å². The normalized spacial score (nSPS) is 20.1. The van der Waals surface area contributed by atoms with E-state index in [2.05, 4.69) is 0 Å². The monoisotopic (exact) mass is 421 g/mol. The average molecular weight is 421 g/mol. The lowest BCUT2D eigenvalue weighted by molar-refractivity contribution is -0.140. The summed E-state index contributed by atoms with van der Waals surface area (Å²) >= 11 is 0. The van der Waals surface area contributed by atoms with Gasteiger partial charge in [0.2, 0.25) is 0 Å². The second-order valence-electron chi connectivity index (χ2n) is 7.92. The maximum absolute atomic E-state index is 13.1. The summed E-state index contributed by atoms with van der Waals surface area (Å²) in [5.74, 6) is -0.939. The Morgan fingerprint density at radius 3 is 2.55 bits per heavy atom. The molecule has 4 rings (SSSR count). The maximum atomic E-state index is 13.1. The molecule has 6 nitrogen and oxygen atoms in total. The molecular formula is C25H27NO5. The van der Waals surface area contributed by atoms with E-state index in [0.29, 0.717) is 16.9 Å². The Labute approximate surface area is 182 Å². The van der Waals surface area contributed by atoms with Crippen molar-refractivity contribution in [1.29, 1.82) is 0 Å². The molecule has 31 heavy (non-hydrogen) atoms. The number of ether oxygens (including phenoxy) is 2. The number of aliphatic hydroxyl groups is 1. The van der Waals surface area contributed by atoms with Crippen LogP contribution in [0.4, 0.5) is 0 Å². The third-order valence-corrected chi connectivity index (χ3v) is 6.13. The van der Waals surface area contributed by atoms with E-state index in [1.165, 1.54) is 16.0 Å². The van der Waals surface area contributed by atoms with Crippen LogP contribution in [0, 0.1) is 0 Å². The SMILES string of the molecule is COCCN1C(=O)C(=O)/C(=C(/O)c2ccc3c(c2)CCCC3)C1c1ccccc1OC. The summed E-state index contributed by atoms with van der Waals surface area (Å²) in [5, 5.41) is 11.3. The molecular weight excluding hydrogens is 394 g/mol. The van der Waals surface area contributed by atoms with Crippen LogP contribution in [-0.2, 0) is 27.2 Å². The molecule has 0 spiro atoms. The highest BCUT2D eigenvalue weighted by Gasteiger charge is 2.46. The summed E-state index contributed by atoms with van der Waals surface area (Å²) in [6, 6.07) is 12.3. The van der Waals surface area contributed by atoms with E-state index < -0.39 is 17.7 Å². The molecule has 2 aromatic rings. The van der Waals surface area contributed by atoms with Gasteiger partial charge >= 0.3 is 0 Å². The average Bonchev–Trinajstić information content (AvgIpc) is 3.06. The largest absolute Gasteiger partial charge is 0.507 e. The number of rotatable bonds is 6. The Kier molecular flexibility index (Phi) is 6.09. The number of Topliss-reactive ketones (excluding diaryl/α,β-unsaturated/α-hetero) is 1. The molecule has 1 atom stereocenters. The van der Waals surface area contributed by atoms with Crippen molar-refractivity contribution in [2.45, 2.75) is 31.7 Å². The number of hydrogen-bond donors (Lipinski definition) is 1. The lowest BCUT2D eigenvalue weighted by Crippen LogP contribution is -2.32. The molecule has 1 aliphatic heterocycles. The van der Waals surface area contributed by atoms with Gasteiger partial charge in [-0.1, -0.05) is 30.3 Å². The second-order valence-corrected chi connectivity index (χ2v) is 7.92. The molecule has 1 fully saturated rings. The van der Waals surface area contributed by atoms with Gasteiger partial charge in [-0.15, -0.1) is 0 Å². The molecule has 1 saturated heterocycles. The van der Waals surface area contributed by atoms with Gasteiger partial charge in [0.05, 0.1) is 25.3 Å². The number of ketones is 1. The van der Waals surface area contributed by atoms with Gasteiger partial charge < -0.3 is 19.5 Å². The summed E-state index contributed by atoms with van der Waals surface area (Å²) in [6.45, 7) is 0.502. The molecule has 0 radical (unpaired) electrons. The first kappa shape index (κ1) is 21.1. The van der Waals surface area contributed by atoms with E-state index in [4.69, 9.17) is 9.47 Å². The topological polar surface area (TPSA) is 76.1 Å². The third-order valence-electron chi connectivity index (χ3n) is 6.13. The van der Waals surface area contributed by atoms with Crippen molar-refractivity contribution in [2.24, 2.45) is 0 Å². The van der Waals surface area contributed by atoms with Crippen molar-refractivity contribution in [1.82, 2.24) is 4.90 Å². The summed E-state index contributed by atoms with van der Waals surface area (Å²) in [6.07, 6.45) is 4.25. The molecule has 2 aromatic carbocycles. The Balaban J connectivity index is 1.86. The van der Waals surface area contributed by atoms with Crippen molar-refractivity contribution < 1.29 is 24.2 Å². The molecule has 6 heteroatoms. The van der Waals surface area contributed by atoms with Crippen molar-refractivity contribution in [3.8, 4) is 5.75 Å². The molecule has 1 aliphatic carbocycles. The highest BCUT2D eigenvalue weighted by atomic mass is 16.5. The zero-order valence-corrected chi connectivity index (χ0v) is 17.9. The van der Waals surface area contributed by atoms with Crippen LogP contribution in [0.5, 0.6) is 5.75 Å². The summed E-state index contributed by atoms with van der Waals surface area (Å²) in [5.41, 5.74) is 3.77. The number of benzene rings is 2. The van der Waals surface area contributed by atoms with Crippen molar-refractivity contribution in [2.75, 3.05) is 27.4 Å². The standard InChI is InChI=1S/C25H27NO5/c1-30-14-13-26-22(19-9-5-6-10-20(19)31-2)21(24(28)25(26)29)23(27)18-12-11-16-7-3-4-8-17(16)15-18/h5-6,9-12,15,22,27H,3-4,7-8,13-14H2,1-2H3/b23-21+. The Morgan fingerprint density at radius 2 is 1.81 bits per heavy atom. The van der Waals surface area contributed by atoms with Gasteiger partial charge in [-0.25, -0.2) is 0 Å². The molecule has 162 valence electrons. The van der Waals surface area contributed by atoms with E-state index in [1.54, 1.807) is 20.3 Å². The van der Waals surface area contributed by atoms with Gasteiger partial charge in [0.15, 0.2) is 0 Å². The molecule has 1 unspecified atom stereocenters. The van der Waals surface area contributed by atoms with Gasteiger partial charge in [0, 0.05) is 24.8 Å². The number of carbonyl (C=O) groups is 2. The predicted molar refractivity (Wildman–Crippen MR) is 117 cm³/mol. The van der Waals surface area contributed by atoms with Crippen LogP contribution in [0.2, 0.25) is 0 Å². The van der Waals surface area contributed by atoms with Gasteiger partial charge in [-0.2, -0.15) is 0 Å². The van der Waals surface area contributed by atoms with Crippen molar-refractivity contribution in [3.05, 3.63) is 70.3 Å². The Hall–Kier alpha value is -3.12. The summed E-state index contributed by atoms with van der Waals surface area (Å²) in [7, 11) is 3.09. The van der Waals surface area contributed by atoms with E-state index in [0.717, 1.165) is 25.7 Å². The second kappa shape index (κ2) is 8.94. The lowest BCUT2D eigenvalue weighted by Gasteiger charge is -2.26. The van der Waals surface area contributed by atoms with Crippen LogP contribution in [0.25, 0.3) is 5.76 Å². The zero-order chi connectivity index (χ0) is 22.0. The minimum atomic E-state index is -0.748. The maximum Gasteiger partial charge on any atom is 0.295 e. The predicted octanol–water partition coefficient (Wildman–Crippen LogP) is 3.64. The van der Waals surface area contributed by atoms with Crippen LogP contribution < -0.4 is 4.74 Å². The number of aliphatic hydroxyl groups excluding tert-OH is 1. The van der Waals surface area contributed by atoms with E-state index in [1.807, 2.05) is 36.4 Å². The first-order chi connectivity index (χ1) is 15.1. The number of hydrogen-bond acceptors (Lipinski definition) is 5. The number of carbonyl (C=O) groups excluding carboxylic acids is 2. The van der Waals surface area contributed by atoms with Crippen molar-refractivity contribution in [3.63, 3.8) is 0 Å². The Bertz CT molecular complexity index is 1040. The van der Waals surface area contributed by atoms with E-state index in [9.17, 15) is 14.7 Å². The summed E-state index contributed by atoms with van der Waals surface area (Å²) in [4.78, 5) is 27.4. The first-order valence-electron chi connectivity index (χ1n) is 10.6. The Morgan fingerprint density at radius 1 is 1.06 bits per heavy atom. The lowest BCUT2D eigenvalue weighted by atomic mass is 9.88. The molecule has 1 heterocycles. The number of nitrogens with zero attached hydrogens (tertiary/aromatic N) is 1. The molecule has 0 bridgehead atoms. The number of amides is 1. The van der Waals surface area contributed by atoms with Gasteiger partial charge in [-0.3, -0.25) is 9.59 Å². The number of fused-ring (bicyclic) bond motifs is 1. The number of methoxy groups -OCH3 is 2. The van der Waals surface area contributed by atoms with Gasteiger partial charge in [0.25, 0.3) is 11.7 Å². The molecule has 1 amide bonds. The quantitative estimate of drug-likeness (QED) is 0.438.